The molecule has 1 aliphatic heterocycles. The Morgan fingerprint density at radius 1 is 1.26 bits per heavy atom. The first-order valence-corrected chi connectivity index (χ1v) is 10.4. The highest BCUT2D eigenvalue weighted by atomic mass is 127. The van der Waals surface area contributed by atoms with Gasteiger partial charge in [0.1, 0.15) is 6.10 Å². The van der Waals surface area contributed by atoms with Gasteiger partial charge in [-0.05, 0) is 24.1 Å². The number of aliphatic imine (C=N–C) groups is 1. The lowest BCUT2D eigenvalue weighted by Gasteiger charge is -2.34. The summed E-state index contributed by atoms with van der Waals surface area (Å²) in [7, 11) is 1.93. The SMILES string of the molecule is CCNC(=NCc1cccc(Cn2cccn2)c1)N1CCOC(c2cnn(C)c2)C1.I. The van der Waals surface area contributed by atoms with Crippen LogP contribution in [0.25, 0.3) is 0 Å². The maximum absolute atomic E-state index is 5.98. The highest BCUT2D eigenvalue weighted by molar-refractivity contribution is 14.0. The summed E-state index contributed by atoms with van der Waals surface area (Å²) in [6, 6.07) is 10.5. The van der Waals surface area contributed by atoms with Gasteiger partial charge in [0.05, 0.1) is 32.4 Å². The highest BCUT2D eigenvalue weighted by Gasteiger charge is 2.25. The van der Waals surface area contributed by atoms with Gasteiger partial charge in [-0.25, -0.2) is 4.99 Å². The fourth-order valence-corrected chi connectivity index (χ4v) is 3.65. The average molecular weight is 535 g/mol. The first kappa shape index (κ1) is 23.3. The summed E-state index contributed by atoms with van der Waals surface area (Å²) in [6.07, 6.45) is 7.68. The Kier molecular flexibility index (Phi) is 8.47. The number of benzene rings is 1. The average Bonchev–Trinajstić information content (AvgIpc) is 3.43. The fraction of sp³-hybridized carbons (Fsp3) is 0.409. The lowest BCUT2D eigenvalue weighted by molar-refractivity contribution is -0.00805. The topological polar surface area (TPSA) is 72.5 Å². The van der Waals surface area contributed by atoms with E-state index in [1.807, 2.05) is 41.1 Å². The van der Waals surface area contributed by atoms with Crippen LogP contribution >= 0.6 is 24.0 Å². The van der Waals surface area contributed by atoms with Gasteiger partial charge in [0, 0.05) is 44.3 Å². The van der Waals surface area contributed by atoms with Gasteiger partial charge in [-0.15, -0.1) is 24.0 Å². The van der Waals surface area contributed by atoms with E-state index < -0.39 is 0 Å². The highest BCUT2D eigenvalue weighted by Crippen LogP contribution is 2.21. The third-order valence-corrected chi connectivity index (χ3v) is 5.10. The van der Waals surface area contributed by atoms with Crippen LogP contribution in [0.3, 0.4) is 0 Å². The number of nitrogens with zero attached hydrogens (tertiary/aromatic N) is 6. The van der Waals surface area contributed by atoms with E-state index in [4.69, 9.17) is 9.73 Å². The minimum atomic E-state index is 0. The van der Waals surface area contributed by atoms with E-state index in [2.05, 4.69) is 51.6 Å². The lowest BCUT2D eigenvalue weighted by Crippen LogP contribution is -2.48. The molecule has 8 nitrogen and oxygen atoms in total. The molecule has 0 saturated carbocycles. The minimum Gasteiger partial charge on any atom is -0.370 e. The molecule has 31 heavy (non-hydrogen) atoms. The Balaban J connectivity index is 0.00000272. The molecule has 1 fully saturated rings. The van der Waals surface area contributed by atoms with Crippen molar-refractivity contribution in [3.63, 3.8) is 0 Å². The molecule has 9 heteroatoms. The molecule has 3 heterocycles. The fourth-order valence-electron chi connectivity index (χ4n) is 3.65. The molecule has 1 N–H and O–H groups in total. The number of nitrogens with one attached hydrogen (secondary N) is 1. The summed E-state index contributed by atoms with van der Waals surface area (Å²) in [5, 5.41) is 12.0. The second-order valence-corrected chi connectivity index (χ2v) is 7.45. The molecular weight excluding hydrogens is 505 g/mol. The molecular formula is C22H30IN7O. The summed E-state index contributed by atoms with van der Waals surface area (Å²) in [6.45, 7) is 6.57. The molecule has 0 aliphatic carbocycles. The predicted octanol–water partition coefficient (Wildman–Crippen LogP) is 2.82. The molecule has 1 unspecified atom stereocenters. The molecule has 0 radical (unpaired) electrons. The van der Waals surface area contributed by atoms with Gasteiger partial charge in [-0.3, -0.25) is 9.36 Å². The van der Waals surface area contributed by atoms with Crippen LogP contribution in [0.15, 0.2) is 60.1 Å². The third kappa shape index (κ3) is 6.30. The second-order valence-electron chi connectivity index (χ2n) is 7.45. The molecule has 1 atom stereocenters. The number of aromatic nitrogens is 4. The van der Waals surface area contributed by atoms with Gasteiger partial charge in [-0.2, -0.15) is 10.2 Å². The van der Waals surface area contributed by atoms with Crippen LogP contribution in [0.5, 0.6) is 0 Å². The van der Waals surface area contributed by atoms with Gasteiger partial charge in [0.25, 0.3) is 0 Å². The van der Waals surface area contributed by atoms with Gasteiger partial charge >= 0.3 is 0 Å². The van der Waals surface area contributed by atoms with E-state index >= 15 is 0 Å². The van der Waals surface area contributed by atoms with E-state index in [9.17, 15) is 0 Å². The summed E-state index contributed by atoms with van der Waals surface area (Å²) >= 11 is 0. The molecule has 3 aromatic rings. The van der Waals surface area contributed by atoms with Crippen LogP contribution in [0.4, 0.5) is 0 Å². The third-order valence-electron chi connectivity index (χ3n) is 5.10. The Morgan fingerprint density at radius 2 is 2.13 bits per heavy atom. The molecule has 0 amide bonds. The van der Waals surface area contributed by atoms with Crippen molar-refractivity contribution in [1.82, 2.24) is 29.8 Å². The Hall–Kier alpha value is -2.40. The number of ether oxygens (including phenoxy) is 1. The van der Waals surface area contributed by atoms with E-state index in [1.165, 1.54) is 11.1 Å². The normalized spacial score (nSPS) is 16.8. The van der Waals surface area contributed by atoms with Crippen molar-refractivity contribution < 1.29 is 4.74 Å². The Labute approximate surface area is 200 Å². The van der Waals surface area contributed by atoms with Crippen molar-refractivity contribution in [3.8, 4) is 0 Å². The minimum absolute atomic E-state index is 0. The van der Waals surface area contributed by atoms with Crippen LogP contribution < -0.4 is 5.32 Å². The van der Waals surface area contributed by atoms with Gasteiger partial charge in [0.2, 0.25) is 0 Å². The number of guanidine groups is 1. The van der Waals surface area contributed by atoms with Crippen molar-refractivity contribution in [2.24, 2.45) is 12.0 Å². The molecule has 2 aromatic heterocycles. The Bertz CT molecular complexity index is 970. The summed E-state index contributed by atoms with van der Waals surface area (Å²) in [5.41, 5.74) is 3.51. The van der Waals surface area contributed by atoms with Gasteiger partial charge in [-0.1, -0.05) is 24.3 Å². The van der Waals surface area contributed by atoms with Crippen LogP contribution in [-0.4, -0.2) is 56.7 Å². The first-order valence-electron chi connectivity index (χ1n) is 10.4. The molecule has 166 valence electrons. The molecule has 1 saturated heterocycles. The zero-order valence-electron chi connectivity index (χ0n) is 18.0. The largest absolute Gasteiger partial charge is 0.370 e. The zero-order valence-corrected chi connectivity index (χ0v) is 20.3. The summed E-state index contributed by atoms with van der Waals surface area (Å²) < 4.78 is 9.72. The monoisotopic (exact) mass is 535 g/mol. The molecule has 1 aromatic carbocycles. The predicted molar refractivity (Wildman–Crippen MR) is 131 cm³/mol. The number of hydrogen-bond acceptors (Lipinski definition) is 4. The number of rotatable bonds is 6. The van der Waals surface area contributed by atoms with Crippen LogP contribution in [-0.2, 0) is 24.9 Å². The number of aryl methyl sites for hydroxylation is 1. The first-order chi connectivity index (χ1) is 14.7. The van der Waals surface area contributed by atoms with Crippen LogP contribution in [0, 0.1) is 0 Å². The number of halogens is 1. The van der Waals surface area contributed by atoms with E-state index in [-0.39, 0.29) is 30.1 Å². The van der Waals surface area contributed by atoms with Crippen LogP contribution in [0.2, 0.25) is 0 Å². The van der Waals surface area contributed by atoms with Crippen molar-refractivity contribution in [3.05, 3.63) is 71.8 Å². The van der Waals surface area contributed by atoms with E-state index in [0.717, 1.165) is 37.7 Å². The van der Waals surface area contributed by atoms with E-state index in [1.54, 1.807) is 6.20 Å². The number of morpholine rings is 1. The molecule has 0 spiro atoms. The zero-order chi connectivity index (χ0) is 20.8. The summed E-state index contributed by atoms with van der Waals surface area (Å²) in [4.78, 5) is 7.19. The van der Waals surface area contributed by atoms with Crippen LogP contribution in [0.1, 0.15) is 29.7 Å². The smallest absolute Gasteiger partial charge is 0.194 e. The molecule has 4 rings (SSSR count). The molecule has 1 aliphatic rings. The maximum atomic E-state index is 5.98. The van der Waals surface area contributed by atoms with Gasteiger partial charge < -0.3 is 15.0 Å². The van der Waals surface area contributed by atoms with Crippen molar-refractivity contribution >= 4 is 29.9 Å². The quantitative estimate of drug-likeness (QED) is 0.299. The molecule has 0 bridgehead atoms. The van der Waals surface area contributed by atoms with Crippen molar-refractivity contribution in [2.45, 2.75) is 26.1 Å². The summed E-state index contributed by atoms with van der Waals surface area (Å²) in [5.74, 6) is 0.923. The maximum Gasteiger partial charge on any atom is 0.194 e. The standard InChI is InChI=1S/C22H29N7O.HI/c1-3-23-22(28-10-11-30-21(17-28)20-14-26-27(2)16-20)24-13-18-6-4-7-19(12-18)15-29-9-5-8-25-29;/h4-9,12,14,16,21H,3,10-11,13,15,17H2,1-2H3,(H,23,24);1H. The van der Waals surface area contributed by atoms with E-state index in [0.29, 0.717) is 13.2 Å². The lowest BCUT2D eigenvalue weighted by atomic mass is 10.1. The van der Waals surface area contributed by atoms with Crippen molar-refractivity contribution in [1.29, 1.82) is 0 Å². The van der Waals surface area contributed by atoms with Crippen molar-refractivity contribution in [2.75, 3.05) is 26.2 Å². The number of hydrogen-bond donors (Lipinski definition) is 1. The Morgan fingerprint density at radius 3 is 2.87 bits per heavy atom. The van der Waals surface area contributed by atoms with Gasteiger partial charge in [0.15, 0.2) is 5.96 Å². The second kappa shape index (κ2) is 11.3.